The number of carbonyl (C=O) groups excluding carboxylic acids is 1. The van der Waals surface area contributed by atoms with Crippen molar-refractivity contribution in [3.63, 3.8) is 0 Å². The molecule has 6 nitrogen and oxygen atoms in total. The second-order valence-corrected chi connectivity index (χ2v) is 6.77. The number of amides is 1. The molecule has 3 N–H and O–H groups in total. The molecule has 0 unspecified atom stereocenters. The number of rotatable bonds is 7. The van der Waals surface area contributed by atoms with Gasteiger partial charge in [-0.25, -0.2) is 0 Å². The highest BCUT2D eigenvalue weighted by atomic mass is 16.3. The first-order valence-electron chi connectivity index (χ1n) is 9.47. The van der Waals surface area contributed by atoms with Gasteiger partial charge in [0.1, 0.15) is 0 Å². The Kier molecular flexibility index (Phi) is 5.99. The lowest BCUT2D eigenvalue weighted by Gasteiger charge is -2.14. The largest absolute Gasteiger partial charge is 0.504 e. The summed E-state index contributed by atoms with van der Waals surface area (Å²) >= 11 is 0. The van der Waals surface area contributed by atoms with E-state index in [1.807, 2.05) is 6.07 Å². The molecular weight excluding hydrogens is 356 g/mol. The molecule has 2 aromatic carbocycles. The molecule has 0 aliphatic rings. The lowest BCUT2D eigenvalue weighted by atomic mass is 10.1. The number of anilines is 1. The number of aryl methyl sites for hydroxylation is 1. The molecule has 1 aromatic heterocycles. The van der Waals surface area contributed by atoms with E-state index in [0.717, 1.165) is 25.7 Å². The van der Waals surface area contributed by atoms with Crippen molar-refractivity contribution in [3.05, 3.63) is 64.4 Å². The van der Waals surface area contributed by atoms with Crippen LogP contribution in [0.5, 0.6) is 11.5 Å². The molecule has 0 saturated heterocycles. The highest BCUT2D eigenvalue weighted by molar-refractivity contribution is 6.05. The van der Waals surface area contributed by atoms with E-state index in [9.17, 15) is 19.8 Å². The lowest BCUT2D eigenvalue weighted by molar-refractivity contribution is 0.102. The summed E-state index contributed by atoms with van der Waals surface area (Å²) in [5, 5.41) is 23.3. The first-order valence-corrected chi connectivity index (χ1v) is 9.47. The molecule has 146 valence electrons. The van der Waals surface area contributed by atoms with Crippen LogP contribution < -0.4 is 10.9 Å². The molecule has 0 aliphatic heterocycles. The molecule has 3 aromatic rings. The number of benzene rings is 2. The SMILES string of the molecule is CCCCCCn1c(=O)c(O)c(O)c2ccc(NC(=O)c3ccccc3)cc21. The van der Waals surface area contributed by atoms with Crippen LogP contribution >= 0.6 is 0 Å². The number of hydrogen-bond acceptors (Lipinski definition) is 4. The Morgan fingerprint density at radius 2 is 1.75 bits per heavy atom. The molecule has 0 fully saturated rings. The number of aromatic nitrogens is 1. The summed E-state index contributed by atoms with van der Waals surface area (Å²) in [6.45, 7) is 2.54. The summed E-state index contributed by atoms with van der Waals surface area (Å²) in [7, 11) is 0. The van der Waals surface area contributed by atoms with Crippen molar-refractivity contribution in [1.82, 2.24) is 4.57 Å². The Hall–Kier alpha value is -3.28. The molecule has 1 heterocycles. The van der Waals surface area contributed by atoms with Crippen molar-refractivity contribution in [2.45, 2.75) is 39.2 Å². The molecule has 0 aliphatic carbocycles. The summed E-state index contributed by atoms with van der Waals surface area (Å²) in [5.74, 6) is -1.35. The minimum absolute atomic E-state index is 0.264. The van der Waals surface area contributed by atoms with Crippen LogP contribution in [0, 0.1) is 0 Å². The van der Waals surface area contributed by atoms with Crippen molar-refractivity contribution in [3.8, 4) is 11.5 Å². The van der Waals surface area contributed by atoms with E-state index in [-0.39, 0.29) is 5.91 Å². The van der Waals surface area contributed by atoms with Gasteiger partial charge in [-0.05, 0) is 36.8 Å². The van der Waals surface area contributed by atoms with Gasteiger partial charge in [0.05, 0.1) is 5.52 Å². The number of nitrogens with one attached hydrogen (secondary N) is 1. The van der Waals surface area contributed by atoms with Crippen LogP contribution in [0.3, 0.4) is 0 Å². The number of hydrogen-bond donors (Lipinski definition) is 3. The molecule has 28 heavy (non-hydrogen) atoms. The number of unbranched alkanes of at least 4 members (excludes halogenated alkanes) is 3. The number of aromatic hydroxyl groups is 2. The third-order valence-electron chi connectivity index (χ3n) is 4.74. The van der Waals surface area contributed by atoms with Gasteiger partial charge in [-0.2, -0.15) is 0 Å². The molecule has 0 atom stereocenters. The van der Waals surface area contributed by atoms with Crippen LogP contribution in [0.25, 0.3) is 10.9 Å². The van der Waals surface area contributed by atoms with E-state index < -0.39 is 17.1 Å². The van der Waals surface area contributed by atoms with Crippen molar-refractivity contribution >= 4 is 22.5 Å². The summed E-state index contributed by atoms with van der Waals surface area (Å²) in [4.78, 5) is 24.9. The average molecular weight is 380 g/mol. The minimum Gasteiger partial charge on any atom is -0.504 e. The van der Waals surface area contributed by atoms with Gasteiger partial charge >= 0.3 is 0 Å². The normalized spacial score (nSPS) is 10.9. The molecule has 0 bridgehead atoms. The van der Waals surface area contributed by atoms with Crippen molar-refractivity contribution < 1.29 is 15.0 Å². The van der Waals surface area contributed by atoms with Crippen LogP contribution in [-0.4, -0.2) is 20.7 Å². The highest BCUT2D eigenvalue weighted by Crippen LogP contribution is 2.32. The molecule has 6 heteroatoms. The fourth-order valence-electron chi connectivity index (χ4n) is 3.21. The van der Waals surface area contributed by atoms with E-state index in [4.69, 9.17) is 0 Å². The van der Waals surface area contributed by atoms with Crippen molar-refractivity contribution in [2.24, 2.45) is 0 Å². The molecule has 0 spiro atoms. The Bertz CT molecular complexity index is 1040. The maximum absolute atomic E-state index is 12.5. The van der Waals surface area contributed by atoms with Gasteiger partial charge in [-0.1, -0.05) is 44.4 Å². The molecule has 0 saturated carbocycles. The lowest BCUT2D eigenvalue weighted by Crippen LogP contribution is -2.20. The number of fused-ring (bicyclic) bond motifs is 1. The van der Waals surface area contributed by atoms with Gasteiger partial charge in [0.2, 0.25) is 5.75 Å². The fourth-order valence-corrected chi connectivity index (χ4v) is 3.21. The first kappa shape index (κ1) is 19.5. The van der Waals surface area contributed by atoms with Crippen molar-refractivity contribution in [1.29, 1.82) is 0 Å². The number of carbonyl (C=O) groups is 1. The maximum Gasteiger partial charge on any atom is 0.297 e. The van der Waals surface area contributed by atoms with Gasteiger partial charge in [0, 0.05) is 23.2 Å². The van der Waals surface area contributed by atoms with Gasteiger partial charge in [-0.15, -0.1) is 0 Å². The predicted molar refractivity (Wildman–Crippen MR) is 110 cm³/mol. The van der Waals surface area contributed by atoms with Gasteiger partial charge in [-0.3, -0.25) is 9.59 Å². The van der Waals surface area contributed by atoms with E-state index >= 15 is 0 Å². The van der Waals surface area contributed by atoms with Gasteiger partial charge in [0.15, 0.2) is 5.75 Å². The molecule has 0 radical (unpaired) electrons. The number of pyridine rings is 1. The summed E-state index contributed by atoms with van der Waals surface area (Å²) in [6, 6.07) is 13.7. The zero-order valence-corrected chi connectivity index (χ0v) is 15.8. The Labute approximate surface area is 163 Å². The molecule has 3 rings (SSSR count). The minimum atomic E-state index is -0.649. The zero-order chi connectivity index (χ0) is 20.1. The zero-order valence-electron chi connectivity index (χ0n) is 15.8. The van der Waals surface area contributed by atoms with Crippen LogP contribution in [0.15, 0.2) is 53.3 Å². The number of nitrogens with zero attached hydrogens (tertiary/aromatic N) is 1. The molecular formula is C22H24N2O4. The third-order valence-corrected chi connectivity index (χ3v) is 4.74. The quantitative estimate of drug-likeness (QED) is 0.535. The van der Waals surface area contributed by atoms with Crippen molar-refractivity contribution in [2.75, 3.05) is 5.32 Å². The molecule has 1 amide bonds. The average Bonchev–Trinajstić information content (AvgIpc) is 2.72. The van der Waals surface area contributed by atoms with Crippen LogP contribution in [0.1, 0.15) is 43.0 Å². The predicted octanol–water partition coefficient (Wildman–Crippen LogP) is 4.25. The van der Waals surface area contributed by atoms with Gasteiger partial charge in [0.25, 0.3) is 11.5 Å². The Balaban J connectivity index is 1.97. The second kappa shape index (κ2) is 8.61. The van der Waals surface area contributed by atoms with Crippen LogP contribution in [-0.2, 0) is 6.54 Å². The maximum atomic E-state index is 12.5. The van der Waals surface area contributed by atoms with Crippen LogP contribution in [0.2, 0.25) is 0 Å². The summed E-state index contributed by atoms with van der Waals surface area (Å²) in [6.07, 6.45) is 3.89. The topological polar surface area (TPSA) is 91.6 Å². The monoisotopic (exact) mass is 380 g/mol. The van der Waals surface area contributed by atoms with E-state index in [1.54, 1.807) is 42.5 Å². The first-order chi connectivity index (χ1) is 13.5. The highest BCUT2D eigenvalue weighted by Gasteiger charge is 2.16. The second-order valence-electron chi connectivity index (χ2n) is 6.77. The summed E-state index contributed by atoms with van der Waals surface area (Å²) in [5.41, 5.74) is 0.872. The van der Waals surface area contributed by atoms with E-state index in [2.05, 4.69) is 12.2 Å². The third kappa shape index (κ3) is 4.01. The van der Waals surface area contributed by atoms with E-state index in [0.29, 0.717) is 28.7 Å². The van der Waals surface area contributed by atoms with E-state index in [1.165, 1.54) is 4.57 Å². The Morgan fingerprint density at radius 3 is 2.46 bits per heavy atom. The van der Waals surface area contributed by atoms with Gasteiger partial charge < -0.3 is 20.1 Å². The van der Waals surface area contributed by atoms with Crippen LogP contribution in [0.4, 0.5) is 5.69 Å². The standard InChI is InChI=1S/C22H24N2O4/c1-2-3-4-8-13-24-18-14-16(23-21(27)15-9-6-5-7-10-15)11-12-17(18)19(25)20(26)22(24)28/h5-7,9-12,14,25-26H,2-4,8,13H2,1H3,(H,23,27). The summed E-state index contributed by atoms with van der Waals surface area (Å²) < 4.78 is 1.46. The Morgan fingerprint density at radius 1 is 1.00 bits per heavy atom. The fraction of sp³-hybridized carbons (Fsp3) is 0.273. The smallest absolute Gasteiger partial charge is 0.297 e.